The molecule has 2 aromatic heterocycles. The number of hydrogen-bond acceptors (Lipinski definition) is 5. The third kappa shape index (κ3) is 2.78. The maximum atomic E-state index is 5.96. The first-order chi connectivity index (χ1) is 9.70. The van der Waals surface area contributed by atoms with Crippen LogP contribution in [-0.4, -0.2) is 15.1 Å². The molecule has 5 nitrogen and oxygen atoms in total. The van der Waals surface area contributed by atoms with Gasteiger partial charge in [0.05, 0.1) is 6.42 Å². The molecule has 100 valence electrons. The van der Waals surface area contributed by atoms with Crippen LogP contribution in [0.1, 0.15) is 11.5 Å². The van der Waals surface area contributed by atoms with E-state index in [1.165, 1.54) is 0 Å². The Morgan fingerprint density at radius 1 is 1.20 bits per heavy atom. The van der Waals surface area contributed by atoms with Gasteiger partial charge in [0, 0.05) is 28.2 Å². The van der Waals surface area contributed by atoms with Crippen LogP contribution >= 0.6 is 11.6 Å². The van der Waals surface area contributed by atoms with E-state index in [0.717, 1.165) is 5.69 Å². The second-order valence-corrected chi connectivity index (χ2v) is 4.72. The third-order valence-electron chi connectivity index (χ3n) is 2.70. The smallest absolute Gasteiger partial charge is 0.258 e. The van der Waals surface area contributed by atoms with Crippen molar-refractivity contribution in [2.45, 2.75) is 6.42 Å². The number of rotatable bonds is 3. The van der Waals surface area contributed by atoms with E-state index < -0.39 is 0 Å². The Kier molecular flexibility index (Phi) is 3.35. The monoisotopic (exact) mass is 286 g/mol. The van der Waals surface area contributed by atoms with Crippen molar-refractivity contribution in [3.63, 3.8) is 0 Å². The van der Waals surface area contributed by atoms with Crippen LogP contribution in [0.3, 0.4) is 0 Å². The number of anilines is 1. The summed E-state index contributed by atoms with van der Waals surface area (Å²) in [6.07, 6.45) is 2.24. The number of pyridine rings is 1. The summed E-state index contributed by atoms with van der Waals surface area (Å²) >= 11 is 5.96. The molecule has 6 heteroatoms. The molecule has 20 heavy (non-hydrogen) atoms. The molecule has 0 fully saturated rings. The van der Waals surface area contributed by atoms with Crippen LogP contribution in [0, 0.1) is 0 Å². The highest BCUT2D eigenvalue weighted by atomic mass is 35.5. The number of halogens is 1. The van der Waals surface area contributed by atoms with E-state index in [2.05, 4.69) is 15.1 Å². The van der Waals surface area contributed by atoms with Gasteiger partial charge in [0.2, 0.25) is 0 Å². The SMILES string of the molecule is Nc1cc(Cl)cc(-c2nc(Cc3ccccn3)no2)c1. The molecule has 0 unspecified atom stereocenters. The minimum atomic E-state index is 0.394. The molecule has 0 spiro atoms. The van der Waals surface area contributed by atoms with Gasteiger partial charge in [-0.05, 0) is 30.3 Å². The van der Waals surface area contributed by atoms with Crippen LogP contribution < -0.4 is 5.73 Å². The van der Waals surface area contributed by atoms with Gasteiger partial charge in [0.15, 0.2) is 5.82 Å². The first-order valence-electron chi connectivity index (χ1n) is 5.99. The van der Waals surface area contributed by atoms with E-state index in [1.807, 2.05) is 18.2 Å². The molecule has 0 saturated heterocycles. The number of nitrogens with two attached hydrogens (primary N) is 1. The van der Waals surface area contributed by atoms with Crippen molar-refractivity contribution < 1.29 is 4.52 Å². The van der Waals surface area contributed by atoms with Crippen LogP contribution in [-0.2, 0) is 6.42 Å². The van der Waals surface area contributed by atoms with Crippen molar-refractivity contribution in [2.24, 2.45) is 0 Å². The van der Waals surface area contributed by atoms with Gasteiger partial charge in [-0.2, -0.15) is 4.98 Å². The fraction of sp³-hybridized carbons (Fsp3) is 0.0714. The van der Waals surface area contributed by atoms with Gasteiger partial charge in [0.1, 0.15) is 0 Å². The van der Waals surface area contributed by atoms with Gasteiger partial charge in [-0.1, -0.05) is 22.8 Å². The molecule has 0 aliphatic rings. The average Bonchev–Trinajstić information content (AvgIpc) is 2.87. The lowest BCUT2D eigenvalue weighted by Gasteiger charge is -1.98. The second kappa shape index (κ2) is 5.30. The number of benzene rings is 1. The first-order valence-corrected chi connectivity index (χ1v) is 6.37. The highest BCUT2D eigenvalue weighted by molar-refractivity contribution is 6.31. The zero-order valence-electron chi connectivity index (χ0n) is 10.5. The van der Waals surface area contributed by atoms with Gasteiger partial charge >= 0.3 is 0 Å². The maximum absolute atomic E-state index is 5.96. The van der Waals surface area contributed by atoms with Crippen molar-refractivity contribution in [2.75, 3.05) is 5.73 Å². The number of aromatic nitrogens is 3. The summed E-state index contributed by atoms with van der Waals surface area (Å²) in [5.74, 6) is 0.961. The van der Waals surface area contributed by atoms with Crippen molar-refractivity contribution in [3.05, 3.63) is 59.1 Å². The molecule has 0 atom stereocenters. The van der Waals surface area contributed by atoms with Crippen molar-refractivity contribution >= 4 is 17.3 Å². The summed E-state index contributed by atoms with van der Waals surface area (Å²) in [6.45, 7) is 0. The number of nitrogen functional groups attached to an aromatic ring is 1. The summed E-state index contributed by atoms with van der Waals surface area (Å²) in [6, 6.07) is 10.8. The molecule has 0 radical (unpaired) electrons. The topological polar surface area (TPSA) is 77.8 Å². The Bertz CT molecular complexity index is 707. The first kappa shape index (κ1) is 12.6. The fourth-order valence-corrected chi connectivity index (χ4v) is 2.09. The van der Waals surface area contributed by atoms with Gasteiger partial charge < -0.3 is 10.3 Å². The average molecular weight is 287 g/mol. The molecular weight excluding hydrogens is 276 g/mol. The van der Waals surface area contributed by atoms with E-state index in [-0.39, 0.29) is 0 Å². The molecule has 3 rings (SSSR count). The quantitative estimate of drug-likeness (QED) is 0.749. The van der Waals surface area contributed by atoms with Crippen LogP contribution in [0.25, 0.3) is 11.5 Å². The number of hydrogen-bond donors (Lipinski definition) is 1. The van der Waals surface area contributed by atoms with Gasteiger partial charge in [-0.15, -0.1) is 0 Å². The number of nitrogens with zero attached hydrogens (tertiary/aromatic N) is 3. The van der Waals surface area contributed by atoms with Crippen molar-refractivity contribution in [3.8, 4) is 11.5 Å². The van der Waals surface area contributed by atoms with Gasteiger partial charge in [0.25, 0.3) is 5.89 Å². The zero-order chi connectivity index (χ0) is 13.9. The molecular formula is C14H11ClN4O. The van der Waals surface area contributed by atoms with E-state index in [4.69, 9.17) is 21.9 Å². The van der Waals surface area contributed by atoms with Crippen LogP contribution in [0.4, 0.5) is 5.69 Å². The Hall–Kier alpha value is -2.40. The molecule has 2 heterocycles. The highest BCUT2D eigenvalue weighted by Crippen LogP contribution is 2.24. The normalized spacial score (nSPS) is 10.7. The summed E-state index contributed by atoms with van der Waals surface area (Å²) in [5, 5.41) is 4.47. The van der Waals surface area contributed by atoms with Gasteiger partial charge in [-0.25, -0.2) is 0 Å². The third-order valence-corrected chi connectivity index (χ3v) is 2.92. The fourth-order valence-electron chi connectivity index (χ4n) is 1.84. The highest BCUT2D eigenvalue weighted by Gasteiger charge is 2.11. The molecule has 0 saturated carbocycles. The summed E-state index contributed by atoms with van der Waals surface area (Å²) in [5.41, 5.74) is 7.88. The van der Waals surface area contributed by atoms with Crippen molar-refractivity contribution in [1.82, 2.24) is 15.1 Å². The summed E-state index contributed by atoms with van der Waals surface area (Å²) < 4.78 is 5.23. The minimum Gasteiger partial charge on any atom is -0.399 e. The summed E-state index contributed by atoms with van der Waals surface area (Å²) in [4.78, 5) is 8.55. The lowest BCUT2D eigenvalue weighted by Crippen LogP contribution is -1.93. The maximum Gasteiger partial charge on any atom is 0.258 e. The second-order valence-electron chi connectivity index (χ2n) is 4.29. The van der Waals surface area contributed by atoms with E-state index in [1.54, 1.807) is 24.4 Å². The largest absolute Gasteiger partial charge is 0.399 e. The Balaban J connectivity index is 1.86. The molecule has 0 aliphatic carbocycles. The molecule has 0 bridgehead atoms. The van der Waals surface area contributed by atoms with E-state index >= 15 is 0 Å². The zero-order valence-corrected chi connectivity index (χ0v) is 11.2. The van der Waals surface area contributed by atoms with Crippen LogP contribution in [0.15, 0.2) is 47.1 Å². The standard InChI is InChI=1S/C14H11ClN4O/c15-10-5-9(6-11(16)7-10)14-18-13(19-20-14)8-12-3-1-2-4-17-12/h1-7H,8,16H2. The van der Waals surface area contributed by atoms with Gasteiger partial charge in [-0.3, -0.25) is 4.98 Å². The predicted octanol–water partition coefficient (Wildman–Crippen LogP) is 2.96. The molecule has 0 aliphatic heterocycles. The summed E-state index contributed by atoms with van der Waals surface area (Å²) in [7, 11) is 0. The minimum absolute atomic E-state index is 0.394. The van der Waals surface area contributed by atoms with Crippen LogP contribution in [0.2, 0.25) is 5.02 Å². The Morgan fingerprint density at radius 3 is 2.85 bits per heavy atom. The lowest BCUT2D eigenvalue weighted by molar-refractivity contribution is 0.423. The molecule has 0 amide bonds. The van der Waals surface area contributed by atoms with E-state index in [0.29, 0.717) is 34.4 Å². The molecule has 2 N–H and O–H groups in total. The van der Waals surface area contributed by atoms with Crippen molar-refractivity contribution in [1.29, 1.82) is 0 Å². The molecule has 3 aromatic rings. The Morgan fingerprint density at radius 2 is 2.10 bits per heavy atom. The predicted molar refractivity (Wildman–Crippen MR) is 76.2 cm³/mol. The molecule has 1 aromatic carbocycles. The Labute approximate surface area is 120 Å². The lowest BCUT2D eigenvalue weighted by atomic mass is 10.2. The van der Waals surface area contributed by atoms with Crippen LogP contribution in [0.5, 0.6) is 0 Å². The van der Waals surface area contributed by atoms with E-state index in [9.17, 15) is 0 Å².